The van der Waals surface area contributed by atoms with E-state index in [0.717, 1.165) is 32.0 Å². The van der Waals surface area contributed by atoms with Gasteiger partial charge in [-0.1, -0.05) is 0 Å². The van der Waals surface area contributed by atoms with Crippen molar-refractivity contribution in [3.05, 3.63) is 83.7 Å². The van der Waals surface area contributed by atoms with Gasteiger partial charge in [0.25, 0.3) is 5.91 Å². The molecule has 224 valence electrons. The zero-order chi connectivity index (χ0) is 30.6. The van der Waals surface area contributed by atoms with Crippen LogP contribution in [0.2, 0.25) is 0 Å². The molecule has 9 nitrogen and oxygen atoms in total. The monoisotopic (exact) mass is 591 g/mol. The van der Waals surface area contributed by atoms with Crippen LogP contribution in [0.3, 0.4) is 0 Å². The normalized spacial score (nSPS) is 14.3. The fourth-order valence-corrected chi connectivity index (χ4v) is 4.86. The van der Waals surface area contributed by atoms with E-state index in [1.807, 2.05) is 13.1 Å². The predicted octanol–water partition coefficient (Wildman–Crippen LogP) is 6.46. The number of carbonyl (C=O) groups excluding carboxylic acids is 1. The first kappa shape index (κ1) is 29.8. The molecule has 0 radical (unpaired) electrons. The van der Waals surface area contributed by atoms with Gasteiger partial charge in [-0.15, -0.1) is 0 Å². The van der Waals surface area contributed by atoms with Gasteiger partial charge >= 0.3 is 6.18 Å². The number of hydrogen-bond donors (Lipinski definition) is 3. The molecule has 4 aromatic rings. The predicted molar refractivity (Wildman–Crippen MR) is 160 cm³/mol. The lowest BCUT2D eigenvalue weighted by atomic mass is 10.0. The van der Waals surface area contributed by atoms with Gasteiger partial charge in [0.05, 0.1) is 16.8 Å². The number of nitrogens with zero attached hydrogens (tertiary/aromatic N) is 4. The lowest BCUT2D eigenvalue weighted by molar-refractivity contribution is -0.137. The summed E-state index contributed by atoms with van der Waals surface area (Å²) in [7, 11) is 3.72. The molecule has 1 fully saturated rings. The fraction of sp³-hybridized carbons (Fsp3) is 0.290. The standard InChI is InChI=1S/C31H32F3N7O2/c1-19-17-22(7-9-27(19)43-29-23(5-4-13-36-29)25-10-14-37-30(35-2)40-25)39-28(42)20-6-8-26(24(18-20)31(32,33)34)38-21-11-15-41(3)16-12-21/h4-10,13-14,17-18,21,38H,11-12,15-16H2,1-3H3,(H,39,42)(H,35,37,40). The molecule has 0 bridgehead atoms. The SMILES string of the molecule is CNc1nccc(-c2cccnc2Oc2ccc(NC(=O)c3ccc(NC4CCN(C)CC4)c(C(F)(F)F)c3)cc2C)n1. The molecule has 0 aliphatic carbocycles. The van der Waals surface area contributed by atoms with Gasteiger partial charge in [0.2, 0.25) is 11.8 Å². The summed E-state index contributed by atoms with van der Waals surface area (Å²) in [6.45, 7) is 3.42. The van der Waals surface area contributed by atoms with Gasteiger partial charge in [0, 0.05) is 42.4 Å². The third-order valence-electron chi connectivity index (χ3n) is 7.23. The van der Waals surface area contributed by atoms with Crippen molar-refractivity contribution in [3.63, 3.8) is 0 Å². The Bertz CT molecular complexity index is 1600. The van der Waals surface area contributed by atoms with E-state index in [1.54, 1.807) is 56.7 Å². The number of amides is 1. The third kappa shape index (κ3) is 7.20. The Hall–Kier alpha value is -4.71. The number of nitrogens with one attached hydrogen (secondary N) is 3. The Balaban J connectivity index is 1.31. The number of likely N-dealkylation sites (tertiary alicyclic amines) is 1. The Morgan fingerprint density at radius 1 is 1.02 bits per heavy atom. The van der Waals surface area contributed by atoms with Crippen molar-refractivity contribution in [1.82, 2.24) is 19.9 Å². The van der Waals surface area contributed by atoms with Gasteiger partial charge < -0.3 is 25.6 Å². The summed E-state index contributed by atoms with van der Waals surface area (Å²) in [5, 5.41) is 8.64. The van der Waals surface area contributed by atoms with Crippen molar-refractivity contribution in [2.75, 3.05) is 43.1 Å². The van der Waals surface area contributed by atoms with E-state index in [2.05, 4.69) is 35.8 Å². The molecule has 5 rings (SSSR count). The van der Waals surface area contributed by atoms with Gasteiger partial charge in [0.1, 0.15) is 5.75 Å². The molecule has 1 aliphatic heterocycles. The summed E-state index contributed by atoms with van der Waals surface area (Å²) in [5.74, 6) is 0.621. The van der Waals surface area contributed by atoms with Crippen LogP contribution in [0.4, 0.5) is 30.5 Å². The van der Waals surface area contributed by atoms with Crippen LogP contribution in [0.5, 0.6) is 11.6 Å². The second-order valence-electron chi connectivity index (χ2n) is 10.4. The first-order chi connectivity index (χ1) is 20.6. The number of aromatic nitrogens is 3. The molecule has 0 saturated carbocycles. The first-order valence-electron chi connectivity index (χ1n) is 13.8. The Morgan fingerprint density at radius 3 is 2.53 bits per heavy atom. The van der Waals surface area contributed by atoms with E-state index >= 15 is 0 Å². The second-order valence-corrected chi connectivity index (χ2v) is 10.4. The van der Waals surface area contributed by atoms with Crippen molar-refractivity contribution in [1.29, 1.82) is 0 Å². The highest BCUT2D eigenvalue weighted by atomic mass is 19.4. The topological polar surface area (TPSA) is 104 Å². The lowest BCUT2D eigenvalue weighted by Crippen LogP contribution is -2.37. The molecule has 1 aliphatic rings. The molecular weight excluding hydrogens is 559 g/mol. The number of piperidine rings is 1. The zero-order valence-electron chi connectivity index (χ0n) is 24.0. The van der Waals surface area contributed by atoms with Crippen LogP contribution >= 0.6 is 0 Å². The summed E-state index contributed by atoms with van der Waals surface area (Å²) in [6.07, 6.45) is 0.103. The lowest BCUT2D eigenvalue weighted by Gasteiger charge is -2.31. The molecule has 0 spiro atoms. The maximum Gasteiger partial charge on any atom is 0.418 e. The number of hydrogen-bond acceptors (Lipinski definition) is 8. The smallest absolute Gasteiger partial charge is 0.418 e. The molecule has 3 N–H and O–H groups in total. The van der Waals surface area contributed by atoms with Gasteiger partial charge in [-0.3, -0.25) is 4.79 Å². The van der Waals surface area contributed by atoms with Crippen LogP contribution in [0, 0.1) is 6.92 Å². The van der Waals surface area contributed by atoms with Crippen LogP contribution < -0.4 is 20.7 Å². The summed E-state index contributed by atoms with van der Waals surface area (Å²) in [6, 6.07) is 13.9. The minimum Gasteiger partial charge on any atom is -0.438 e. The van der Waals surface area contributed by atoms with Crippen molar-refractivity contribution in [2.24, 2.45) is 0 Å². The van der Waals surface area contributed by atoms with Crippen LogP contribution in [-0.2, 0) is 6.18 Å². The minimum atomic E-state index is -4.62. The molecular formula is C31H32F3N7O2. The highest BCUT2D eigenvalue weighted by Crippen LogP contribution is 2.37. The highest BCUT2D eigenvalue weighted by molar-refractivity contribution is 6.04. The zero-order valence-corrected chi connectivity index (χ0v) is 24.0. The number of alkyl halides is 3. The molecule has 12 heteroatoms. The van der Waals surface area contributed by atoms with Crippen molar-refractivity contribution >= 4 is 23.2 Å². The number of anilines is 3. The van der Waals surface area contributed by atoms with Crippen LogP contribution in [-0.4, -0.2) is 59.0 Å². The van der Waals surface area contributed by atoms with Crippen molar-refractivity contribution < 1.29 is 22.7 Å². The summed E-state index contributed by atoms with van der Waals surface area (Å²) in [5.41, 5.74) is 1.39. The number of halogens is 3. The Morgan fingerprint density at radius 2 is 1.81 bits per heavy atom. The summed E-state index contributed by atoms with van der Waals surface area (Å²) in [4.78, 5) is 28.1. The van der Waals surface area contributed by atoms with Crippen LogP contribution in [0.1, 0.15) is 34.3 Å². The quantitative estimate of drug-likeness (QED) is 0.215. The molecule has 3 heterocycles. The Labute approximate surface area is 247 Å². The van der Waals surface area contributed by atoms with Crippen molar-refractivity contribution in [2.45, 2.75) is 32.0 Å². The number of pyridine rings is 1. The second kappa shape index (κ2) is 12.7. The average Bonchev–Trinajstić information content (AvgIpc) is 2.99. The van der Waals surface area contributed by atoms with E-state index < -0.39 is 17.6 Å². The van der Waals surface area contributed by atoms with E-state index in [0.29, 0.717) is 40.1 Å². The molecule has 1 amide bonds. The van der Waals surface area contributed by atoms with Gasteiger partial charge in [-0.2, -0.15) is 13.2 Å². The maximum absolute atomic E-state index is 14.0. The van der Waals surface area contributed by atoms with Crippen molar-refractivity contribution in [3.8, 4) is 22.9 Å². The largest absolute Gasteiger partial charge is 0.438 e. The van der Waals surface area contributed by atoms with Gasteiger partial charge in [-0.05, 0) is 100 Å². The van der Waals surface area contributed by atoms with E-state index in [4.69, 9.17) is 4.74 Å². The molecule has 2 aromatic carbocycles. The van der Waals surface area contributed by atoms with Crippen LogP contribution in [0.15, 0.2) is 67.0 Å². The number of rotatable bonds is 8. The molecule has 43 heavy (non-hydrogen) atoms. The molecule has 2 aromatic heterocycles. The summed E-state index contributed by atoms with van der Waals surface area (Å²) >= 11 is 0. The fourth-order valence-electron chi connectivity index (χ4n) is 4.86. The molecule has 1 saturated heterocycles. The maximum atomic E-state index is 14.0. The Kier molecular flexibility index (Phi) is 8.76. The number of aryl methyl sites for hydroxylation is 1. The van der Waals surface area contributed by atoms with Crippen LogP contribution in [0.25, 0.3) is 11.3 Å². The molecule has 0 unspecified atom stereocenters. The van der Waals surface area contributed by atoms with E-state index in [9.17, 15) is 18.0 Å². The van der Waals surface area contributed by atoms with E-state index in [-0.39, 0.29) is 17.3 Å². The number of ether oxygens (including phenoxy) is 1. The van der Waals surface area contributed by atoms with Gasteiger partial charge in [-0.25, -0.2) is 15.0 Å². The minimum absolute atomic E-state index is 0.0195. The average molecular weight is 592 g/mol. The number of carbonyl (C=O) groups is 1. The van der Waals surface area contributed by atoms with Gasteiger partial charge in [0.15, 0.2) is 0 Å². The summed E-state index contributed by atoms with van der Waals surface area (Å²) < 4.78 is 48.0. The number of benzene rings is 2. The highest BCUT2D eigenvalue weighted by Gasteiger charge is 2.35. The van der Waals surface area contributed by atoms with E-state index in [1.165, 1.54) is 12.1 Å². The first-order valence-corrected chi connectivity index (χ1v) is 13.8. The third-order valence-corrected chi connectivity index (χ3v) is 7.23. The molecule has 0 atom stereocenters.